The van der Waals surface area contributed by atoms with Crippen molar-refractivity contribution in [3.63, 3.8) is 0 Å². The van der Waals surface area contributed by atoms with Crippen molar-refractivity contribution in [2.24, 2.45) is 26.6 Å². The van der Waals surface area contributed by atoms with Gasteiger partial charge in [-0.1, -0.05) is 20.8 Å². The summed E-state index contributed by atoms with van der Waals surface area (Å²) in [7, 11) is 0. The highest BCUT2D eigenvalue weighted by molar-refractivity contribution is 4.88. The second-order valence-corrected chi connectivity index (χ2v) is 3.02. The first-order valence-electron chi connectivity index (χ1n) is 3.84. The molecule has 0 saturated carbocycles. The summed E-state index contributed by atoms with van der Waals surface area (Å²) >= 11 is 0. The van der Waals surface area contributed by atoms with Gasteiger partial charge >= 0.3 is 0 Å². The second-order valence-electron chi connectivity index (χ2n) is 3.02. The van der Waals surface area contributed by atoms with Gasteiger partial charge in [-0.05, 0) is 23.3 Å². The molecule has 0 spiro atoms. The maximum absolute atomic E-state index is 4.01. The average molecular weight is 153 g/mol. The summed E-state index contributed by atoms with van der Waals surface area (Å²) in [6.07, 6.45) is 1.65. The summed E-state index contributed by atoms with van der Waals surface area (Å²) in [6, 6.07) is 0. The molecule has 0 aromatic heterocycles. The zero-order chi connectivity index (χ0) is 8.32. The van der Waals surface area contributed by atoms with Gasteiger partial charge in [0.25, 0.3) is 0 Å². The lowest BCUT2D eigenvalue weighted by Crippen LogP contribution is -2.28. The molecule has 0 unspecified atom stereocenters. The highest BCUT2D eigenvalue weighted by Crippen LogP contribution is 2.32. The fourth-order valence-corrected chi connectivity index (χ4v) is 1.09. The molecule has 0 bridgehead atoms. The Morgan fingerprint density at radius 3 is 2.18 bits per heavy atom. The van der Waals surface area contributed by atoms with Crippen LogP contribution in [-0.2, 0) is 0 Å². The molecule has 1 heterocycles. The molecule has 0 aromatic rings. The first-order valence-corrected chi connectivity index (χ1v) is 3.84. The van der Waals surface area contributed by atoms with Gasteiger partial charge in [-0.25, -0.2) is 0 Å². The maximum atomic E-state index is 4.01. The molecule has 0 aliphatic carbocycles. The number of nitrogens with zero attached hydrogens (tertiary/aromatic N) is 4. The normalized spacial score (nSPS) is 20.0. The Bertz CT molecular complexity index is 171. The molecule has 1 rings (SSSR count). The van der Waals surface area contributed by atoms with Gasteiger partial charge in [0.15, 0.2) is 5.66 Å². The number of rotatable bonds is 3. The van der Waals surface area contributed by atoms with Crippen molar-refractivity contribution in [3.8, 4) is 0 Å². The van der Waals surface area contributed by atoms with Gasteiger partial charge in [0.1, 0.15) is 0 Å². The van der Waals surface area contributed by atoms with Crippen molar-refractivity contribution < 1.29 is 0 Å². The Labute approximate surface area is 66.8 Å². The molecule has 1 aliphatic heterocycles. The van der Waals surface area contributed by atoms with Crippen molar-refractivity contribution >= 4 is 0 Å². The summed E-state index contributed by atoms with van der Waals surface area (Å²) in [5.41, 5.74) is -0.401. The predicted octanol–water partition coefficient (Wildman–Crippen LogP) is 2.79. The highest BCUT2D eigenvalue weighted by atomic mass is 15.6. The Morgan fingerprint density at radius 2 is 1.82 bits per heavy atom. The molecule has 11 heavy (non-hydrogen) atoms. The van der Waals surface area contributed by atoms with E-state index in [1.807, 2.05) is 0 Å². The SMILES string of the molecule is [CH2]CCC1(C(C)C)N=NN=N1. The Morgan fingerprint density at radius 1 is 1.27 bits per heavy atom. The topological polar surface area (TPSA) is 49.4 Å². The molecule has 61 valence electrons. The van der Waals surface area contributed by atoms with Crippen LogP contribution in [0.2, 0.25) is 0 Å². The van der Waals surface area contributed by atoms with Crippen LogP contribution in [0.3, 0.4) is 0 Å². The van der Waals surface area contributed by atoms with Crippen LogP contribution in [0.4, 0.5) is 0 Å². The molecule has 0 N–H and O–H groups in total. The molecule has 1 aliphatic rings. The van der Waals surface area contributed by atoms with Crippen LogP contribution in [-0.4, -0.2) is 5.66 Å². The van der Waals surface area contributed by atoms with E-state index in [1.54, 1.807) is 0 Å². The van der Waals surface area contributed by atoms with E-state index >= 15 is 0 Å². The smallest absolute Gasteiger partial charge is 0.134 e. The monoisotopic (exact) mass is 153 g/mol. The van der Waals surface area contributed by atoms with Crippen LogP contribution in [0.15, 0.2) is 20.7 Å². The molecule has 0 fully saturated rings. The van der Waals surface area contributed by atoms with Gasteiger partial charge in [0, 0.05) is 5.92 Å². The van der Waals surface area contributed by atoms with E-state index in [1.165, 1.54) is 0 Å². The largest absolute Gasteiger partial charge is 0.197 e. The fraction of sp³-hybridized carbons (Fsp3) is 0.857. The Kier molecular flexibility index (Phi) is 2.31. The zero-order valence-corrected chi connectivity index (χ0v) is 6.99. The maximum Gasteiger partial charge on any atom is 0.197 e. The molecule has 0 atom stereocenters. The van der Waals surface area contributed by atoms with Crippen LogP contribution >= 0.6 is 0 Å². The minimum absolute atomic E-state index is 0.347. The summed E-state index contributed by atoms with van der Waals surface area (Å²) in [4.78, 5) is 0. The Hall–Kier alpha value is -0.800. The summed E-state index contributed by atoms with van der Waals surface area (Å²) in [5, 5.41) is 15.1. The van der Waals surface area contributed by atoms with Crippen molar-refractivity contribution in [2.45, 2.75) is 32.4 Å². The third-order valence-electron chi connectivity index (χ3n) is 1.95. The fourth-order valence-electron chi connectivity index (χ4n) is 1.09. The van der Waals surface area contributed by atoms with Crippen molar-refractivity contribution in [3.05, 3.63) is 6.92 Å². The molecule has 0 saturated heterocycles. The molecular formula is C7H13N4. The molecule has 4 heteroatoms. The van der Waals surface area contributed by atoms with Crippen LogP contribution in [0.25, 0.3) is 0 Å². The van der Waals surface area contributed by atoms with E-state index < -0.39 is 5.66 Å². The summed E-state index contributed by atoms with van der Waals surface area (Å²) in [5.74, 6) is 0.347. The quantitative estimate of drug-likeness (QED) is 0.598. The van der Waals surface area contributed by atoms with Gasteiger partial charge < -0.3 is 0 Å². The van der Waals surface area contributed by atoms with Crippen molar-refractivity contribution in [1.29, 1.82) is 0 Å². The third kappa shape index (κ3) is 1.44. The predicted molar refractivity (Wildman–Crippen MR) is 41.9 cm³/mol. The van der Waals surface area contributed by atoms with Crippen LogP contribution in [0.5, 0.6) is 0 Å². The lowest BCUT2D eigenvalue weighted by molar-refractivity contribution is 0.301. The molecule has 0 aromatic carbocycles. The molecule has 1 radical (unpaired) electrons. The molecule has 0 amide bonds. The first-order chi connectivity index (χ1) is 5.21. The van der Waals surface area contributed by atoms with E-state index in [9.17, 15) is 0 Å². The zero-order valence-electron chi connectivity index (χ0n) is 6.99. The summed E-state index contributed by atoms with van der Waals surface area (Å²) < 4.78 is 0. The van der Waals surface area contributed by atoms with Crippen LogP contribution in [0, 0.1) is 12.8 Å². The van der Waals surface area contributed by atoms with E-state index in [-0.39, 0.29) is 0 Å². The lowest BCUT2D eigenvalue weighted by atomic mass is 9.93. The van der Waals surface area contributed by atoms with Gasteiger partial charge in [0.2, 0.25) is 0 Å². The highest BCUT2D eigenvalue weighted by Gasteiger charge is 2.35. The van der Waals surface area contributed by atoms with Gasteiger partial charge in [-0.2, -0.15) is 0 Å². The first kappa shape index (κ1) is 8.30. The van der Waals surface area contributed by atoms with Gasteiger partial charge in [-0.15, -0.1) is 10.2 Å². The van der Waals surface area contributed by atoms with Crippen molar-refractivity contribution in [1.82, 2.24) is 0 Å². The van der Waals surface area contributed by atoms with Crippen molar-refractivity contribution in [2.75, 3.05) is 0 Å². The number of hydrogen-bond acceptors (Lipinski definition) is 4. The van der Waals surface area contributed by atoms with Gasteiger partial charge in [0.05, 0.1) is 0 Å². The second kappa shape index (κ2) is 3.07. The van der Waals surface area contributed by atoms with Crippen LogP contribution < -0.4 is 0 Å². The van der Waals surface area contributed by atoms with E-state index in [0.717, 1.165) is 12.8 Å². The molecule has 4 nitrogen and oxygen atoms in total. The van der Waals surface area contributed by atoms with E-state index in [2.05, 4.69) is 41.4 Å². The van der Waals surface area contributed by atoms with E-state index in [0.29, 0.717) is 5.92 Å². The number of hydrogen-bond donors (Lipinski definition) is 0. The standard InChI is InChI=1S/C7H13N4/c1-4-5-7(6(2)3)8-10-11-9-7/h6H,1,4-5H2,2-3H3. The average Bonchev–Trinajstić information content (AvgIpc) is 2.38. The van der Waals surface area contributed by atoms with Gasteiger partial charge in [-0.3, -0.25) is 0 Å². The minimum Gasteiger partial charge on any atom is -0.134 e. The van der Waals surface area contributed by atoms with E-state index in [4.69, 9.17) is 0 Å². The Balaban J connectivity index is 2.72. The molecular weight excluding hydrogens is 140 g/mol. The third-order valence-corrected chi connectivity index (χ3v) is 1.95. The van der Waals surface area contributed by atoms with Crippen LogP contribution in [0.1, 0.15) is 26.7 Å². The minimum atomic E-state index is -0.401. The lowest BCUT2D eigenvalue weighted by Gasteiger charge is -2.22. The summed E-state index contributed by atoms with van der Waals surface area (Å²) in [6.45, 7) is 7.91.